The van der Waals surface area contributed by atoms with Crippen LogP contribution in [0.4, 0.5) is 11.5 Å². The summed E-state index contributed by atoms with van der Waals surface area (Å²) in [7, 11) is 0. The molecule has 0 radical (unpaired) electrons. The van der Waals surface area contributed by atoms with Gasteiger partial charge in [0.15, 0.2) is 0 Å². The fourth-order valence-corrected chi connectivity index (χ4v) is 4.79. The molecule has 35 heavy (non-hydrogen) atoms. The summed E-state index contributed by atoms with van der Waals surface area (Å²) in [6, 6.07) is 3.82. The van der Waals surface area contributed by atoms with E-state index in [2.05, 4.69) is 37.9 Å². The Hall–Kier alpha value is -3.89. The van der Waals surface area contributed by atoms with Crippen LogP contribution in [0.25, 0.3) is 0 Å². The maximum absolute atomic E-state index is 12.7. The predicted octanol–water partition coefficient (Wildman–Crippen LogP) is 1.50. The zero-order valence-corrected chi connectivity index (χ0v) is 19.4. The maximum Gasteiger partial charge on any atom is 0.239 e. The smallest absolute Gasteiger partial charge is 0.239 e. The van der Waals surface area contributed by atoms with Crippen molar-refractivity contribution < 1.29 is 14.3 Å². The fourth-order valence-electron chi connectivity index (χ4n) is 4.79. The van der Waals surface area contributed by atoms with Crippen molar-refractivity contribution in [1.29, 1.82) is 5.26 Å². The van der Waals surface area contributed by atoms with Gasteiger partial charge in [-0.05, 0) is 25.3 Å². The number of amides is 1. The Labute approximate surface area is 204 Å². The van der Waals surface area contributed by atoms with Crippen LogP contribution >= 0.6 is 0 Å². The molecule has 0 aliphatic carbocycles. The van der Waals surface area contributed by atoms with Gasteiger partial charge in [-0.1, -0.05) is 5.92 Å². The number of nitrogen functional groups attached to an aromatic ring is 1. The van der Waals surface area contributed by atoms with Crippen molar-refractivity contribution in [2.24, 2.45) is 11.8 Å². The van der Waals surface area contributed by atoms with E-state index in [9.17, 15) is 10.1 Å². The summed E-state index contributed by atoms with van der Waals surface area (Å²) in [5.41, 5.74) is 8.71. The standard InChI is InChI=1S/C25H27N7O3/c26-12-19-11-20(13-28-23(19)27)31-7-2-22-21(15-31)24(30-16-29-22)35-10-3-17-1-6-32(14-17)25(33)18-4-8-34-9-5-18/h11,13,16-18H,1-2,4-9,14-15H2,(H2,27,28). The summed E-state index contributed by atoms with van der Waals surface area (Å²) < 4.78 is 11.2. The molecule has 1 unspecified atom stereocenters. The number of nitrogens with zero attached hydrogens (tertiary/aromatic N) is 6. The minimum Gasteiger partial charge on any atom is -0.387 e. The number of ether oxygens (including phenoxy) is 2. The molecule has 1 amide bonds. The van der Waals surface area contributed by atoms with Gasteiger partial charge in [-0.3, -0.25) is 4.79 Å². The van der Waals surface area contributed by atoms with E-state index >= 15 is 0 Å². The predicted molar refractivity (Wildman–Crippen MR) is 127 cm³/mol. The Morgan fingerprint density at radius 1 is 1.20 bits per heavy atom. The van der Waals surface area contributed by atoms with Gasteiger partial charge >= 0.3 is 0 Å². The lowest BCUT2D eigenvalue weighted by atomic mass is 9.99. The van der Waals surface area contributed by atoms with Gasteiger partial charge in [0.25, 0.3) is 0 Å². The Kier molecular flexibility index (Phi) is 6.64. The van der Waals surface area contributed by atoms with Crippen molar-refractivity contribution in [2.75, 3.05) is 43.5 Å². The number of pyridine rings is 1. The van der Waals surface area contributed by atoms with Crippen molar-refractivity contribution in [3.05, 3.63) is 35.4 Å². The molecule has 2 aromatic rings. The van der Waals surface area contributed by atoms with Gasteiger partial charge in [0.2, 0.25) is 11.8 Å². The van der Waals surface area contributed by atoms with Gasteiger partial charge < -0.3 is 25.0 Å². The molecule has 0 saturated carbocycles. The van der Waals surface area contributed by atoms with Gasteiger partial charge in [0.05, 0.1) is 35.2 Å². The summed E-state index contributed by atoms with van der Waals surface area (Å²) in [5, 5.41) is 9.27. The molecule has 180 valence electrons. The number of rotatable bonds is 3. The molecule has 10 heteroatoms. The molecular weight excluding hydrogens is 446 g/mol. The lowest BCUT2D eigenvalue weighted by Gasteiger charge is -2.30. The van der Waals surface area contributed by atoms with Crippen LogP contribution in [0.15, 0.2) is 18.6 Å². The first-order valence-corrected chi connectivity index (χ1v) is 11.9. The minimum atomic E-state index is 0.0719. The lowest BCUT2D eigenvalue weighted by molar-refractivity contribution is -0.137. The molecule has 2 N–H and O–H groups in total. The molecule has 5 heterocycles. The molecule has 2 fully saturated rings. The van der Waals surface area contributed by atoms with Crippen LogP contribution in [0.1, 0.15) is 36.1 Å². The number of anilines is 2. The lowest BCUT2D eigenvalue weighted by Crippen LogP contribution is -2.37. The van der Waals surface area contributed by atoms with Crippen LogP contribution in [0.2, 0.25) is 0 Å². The average molecular weight is 474 g/mol. The van der Waals surface area contributed by atoms with Crippen LogP contribution in [0.3, 0.4) is 0 Å². The van der Waals surface area contributed by atoms with Crippen LogP contribution < -0.4 is 15.4 Å². The highest BCUT2D eigenvalue weighted by molar-refractivity contribution is 5.79. The summed E-state index contributed by atoms with van der Waals surface area (Å²) in [6.07, 6.45) is 9.13. The van der Waals surface area contributed by atoms with E-state index in [1.54, 1.807) is 12.3 Å². The van der Waals surface area contributed by atoms with Gasteiger partial charge in [-0.25, -0.2) is 15.0 Å². The molecule has 3 aliphatic rings. The van der Waals surface area contributed by atoms with Gasteiger partial charge in [-0.15, -0.1) is 0 Å². The van der Waals surface area contributed by atoms with Crippen LogP contribution in [-0.2, 0) is 22.5 Å². The topological polar surface area (TPSA) is 130 Å². The second kappa shape index (κ2) is 10.2. The number of carbonyl (C=O) groups is 1. The SMILES string of the molecule is N#Cc1cc(N2CCc3ncnc(OC#CC4CCN(C(=O)C5CCOCC5)C4)c3C2)cnc1N. The zero-order chi connectivity index (χ0) is 24.2. The average Bonchev–Trinajstić information content (AvgIpc) is 3.38. The molecular formula is C25H27N7O3. The first-order valence-electron chi connectivity index (χ1n) is 11.9. The second-order valence-electron chi connectivity index (χ2n) is 9.02. The minimum absolute atomic E-state index is 0.0719. The molecule has 2 aromatic heterocycles. The van der Waals surface area contributed by atoms with Crippen molar-refractivity contribution in [3.63, 3.8) is 0 Å². The Balaban J connectivity index is 1.23. The maximum atomic E-state index is 12.7. The largest absolute Gasteiger partial charge is 0.387 e. The first-order chi connectivity index (χ1) is 17.1. The Bertz CT molecular complexity index is 1210. The number of carbonyl (C=O) groups excluding carboxylic acids is 1. The van der Waals surface area contributed by atoms with E-state index in [-0.39, 0.29) is 23.6 Å². The molecule has 3 aliphatic heterocycles. The normalized spacial score (nSPS) is 19.9. The number of fused-ring (bicyclic) bond motifs is 1. The summed E-state index contributed by atoms with van der Waals surface area (Å²) >= 11 is 0. The van der Waals surface area contributed by atoms with Crippen molar-refractivity contribution in [1.82, 2.24) is 19.9 Å². The number of nitrogens with two attached hydrogens (primary N) is 1. The van der Waals surface area contributed by atoms with Gasteiger partial charge in [0.1, 0.15) is 24.3 Å². The van der Waals surface area contributed by atoms with E-state index in [4.69, 9.17) is 15.2 Å². The van der Waals surface area contributed by atoms with Crippen molar-refractivity contribution >= 4 is 17.4 Å². The third-order valence-corrected chi connectivity index (χ3v) is 6.83. The number of hydrogen-bond donors (Lipinski definition) is 1. The Morgan fingerprint density at radius 3 is 2.89 bits per heavy atom. The molecule has 0 spiro atoms. The van der Waals surface area contributed by atoms with Crippen molar-refractivity contribution in [2.45, 2.75) is 32.2 Å². The van der Waals surface area contributed by atoms with E-state index in [0.717, 1.165) is 49.3 Å². The quantitative estimate of drug-likeness (QED) is 0.659. The number of hydrogen-bond acceptors (Lipinski definition) is 9. The number of aromatic nitrogens is 3. The van der Waals surface area contributed by atoms with E-state index in [0.29, 0.717) is 44.2 Å². The monoisotopic (exact) mass is 473 g/mol. The molecule has 1 atom stereocenters. The number of nitriles is 1. The second-order valence-corrected chi connectivity index (χ2v) is 9.02. The summed E-state index contributed by atoms with van der Waals surface area (Å²) in [4.78, 5) is 29.6. The highest BCUT2D eigenvalue weighted by Crippen LogP contribution is 2.29. The third kappa shape index (κ3) is 4.98. The third-order valence-electron chi connectivity index (χ3n) is 6.83. The highest BCUT2D eigenvalue weighted by Gasteiger charge is 2.31. The Morgan fingerprint density at radius 2 is 2.06 bits per heavy atom. The fraction of sp³-hybridized carbons (Fsp3) is 0.480. The first kappa shape index (κ1) is 22.9. The van der Waals surface area contributed by atoms with E-state index in [1.807, 2.05) is 4.90 Å². The van der Waals surface area contributed by atoms with Crippen LogP contribution in [0, 0.1) is 35.2 Å². The molecule has 5 rings (SSSR count). The van der Waals surface area contributed by atoms with Crippen LogP contribution in [0.5, 0.6) is 5.88 Å². The molecule has 0 aromatic carbocycles. The summed E-state index contributed by atoms with van der Waals surface area (Å²) in [5.74, 6) is 4.19. The van der Waals surface area contributed by atoms with Crippen molar-refractivity contribution in [3.8, 4) is 24.0 Å². The van der Waals surface area contributed by atoms with Gasteiger partial charge in [0, 0.05) is 51.1 Å². The number of likely N-dealkylation sites (tertiary alicyclic amines) is 1. The van der Waals surface area contributed by atoms with Crippen LogP contribution in [-0.4, -0.2) is 58.6 Å². The molecule has 10 nitrogen and oxygen atoms in total. The highest BCUT2D eigenvalue weighted by atomic mass is 16.5. The molecule has 0 bridgehead atoms. The zero-order valence-electron chi connectivity index (χ0n) is 19.4. The summed E-state index contributed by atoms with van der Waals surface area (Å²) in [6.45, 7) is 3.93. The van der Waals surface area contributed by atoms with E-state index < -0.39 is 0 Å². The van der Waals surface area contributed by atoms with E-state index in [1.165, 1.54) is 6.33 Å². The molecule has 2 saturated heterocycles. The van der Waals surface area contributed by atoms with Gasteiger partial charge in [-0.2, -0.15) is 5.26 Å².